The van der Waals surface area contributed by atoms with Gasteiger partial charge >= 0.3 is 5.97 Å². The van der Waals surface area contributed by atoms with Crippen molar-refractivity contribution in [1.82, 2.24) is 9.55 Å². The highest BCUT2D eigenvalue weighted by molar-refractivity contribution is 5.99. The van der Waals surface area contributed by atoms with Crippen LogP contribution in [0.15, 0.2) is 35.3 Å². The van der Waals surface area contributed by atoms with Crippen LogP contribution in [0.4, 0.5) is 4.39 Å². The lowest BCUT2D eigenvalue weighted by atomic mass is 10.0. The van der Waals surface area contributed by atoms with Gasteiger partial charge in [0.25, 0.3) is 5.56 Å². The summed E-state index contributed by atoms with van der Waals surface area (Å²) in [6.45, 7) is 2.38. The molecule has 1 aromatic carbocycles. The van der Waals surface area contributed by atoms with Gasteiger partial charge in [-0.3, -0.25) is 9.78 Å². The monoisotopic (exact) mass is 398 g/mol. The molecular formula is C21H19FN2O5. The summed E-state index contributed by atoms with van der Waals surface area (Å²) in [6.07, 6.45) is 2.50. The summed E-state index contributed by atoms with van der Waals surface area (Å²) in [5.74, 6) is -1.30. The van der Waals surface area contributed by atoms with Gasteiger partial charge in [0.05, 0.1) is 13.2 Å². The predicted molar refractivity (Wildman–Crippen MR) is 103 cm³/mol. The highest BCUT2D eigenvalue weighted by Gasteiger charge is 2.28. The van der Waals surface area contributed by atoms with Gasteiger partial charge < -0.3 is 19.1 Å². The normalized spacial score (nSPS) is 13.0. The Morgan fingerprint density at radius 2 is 2.10 bits per heavy atom. The maximum Gasteiger partial charge on any atom is 0.347 e. The third kappa shape index (κ3) is 3.30. The zero-order valence-corrected chi connectivity index (χ0v) is 15.8. The van der Waals surface area contributed by atoms with Gasteiger partial charge in [0.15, 0.2) is 11.3 Å². The molecular weight excluding hydrogens is 379 g/mol. The average Bonchev–Trinajstić information content (AvgIpc) is 2.93. The molecule has 0 spiro atoms. The van der Waals surface area contributed by atoms with Crippen LogP contribution in [-0.2, 0) is 17.7 Å². The number of carbonyl (C=O) groups is 1. The number of aromatic hydroxyl groups is 1. The highest BCUT2D eigenvalue weighted by Crippen LogP contribution is 2.36. The molecule has 1 aliphatic rings. The maximum absolute atomic E-state index is 13.2. The summed E-state index contributed by atoms with van der Waals surface area (Å²) >= 11 is 0. The Morgan fingerprint density at radius 3 is 2.83 bits per heavy atom. The van der Waals surface area contributed by atoms with E-state index >= 15 is 0 Å². The Kier molecular flexibility index (Phi) is 4.92. The van der Waals surface area contributed by atoms with Crippen molar-refractivity contribution in [3.8, 4) is 11.5 Å². The molecule has 3 heterocycles. The number of benzene rings is 1. The van der Waals surface area contributed by atoms with Crippen molar-refractivity contribution in [2.24, 2.45) is 0 Å². The quantitative estimate of drug-likeness (QED) is 0.680. The molecule has 2 aromatic heterocycles. The van der Waals surface area contributed by atoms with Gasteiger partial charge in [0, 0.05) is 24.7 Å². The number of aryl methyl sites for hydroxylation is 1. The van der Waals surface area contributed by atoms with Crippen LogP contribution in [0, 0.1) is 5.82 Å². The zero-order valence-electron chi connectivity index (χ0n) is 15.8. The van der Waals surface area contributed by atoms with Crippen molar-refractivity contribution in [1.29, 1.82) is 0 Å². The van der Waals surface area contributed by atoms with Crippen molar-refractivity contribution < 1.29 is 23.8 Å². The lowest BCUT2D eigenvalue weighted by molar-refractivity contribution is 0.0520. The van der Waals surface area contributed by atoms with Gasteiger partial charge in [-0.15, -0.1) is 0 Å². The van der Waals surface area contributed by atoms with Crippen molar-refractivity contribution in [3.05, 3.63) is 63.3 Å². The lowest BCUT2D eigenvalue weighted by Crippen LogP contribution is -2.28. The zero-order chi connectivity index (χ0) is 20.5. The van der Waals surface area contributed by atoms with Crippen LogP contribution in [0.3, 0.4) is 0 Å². The highest BCUT2D eigenvalue weighted by atomic mass is 19.1. The van der Waals surface area contributed by atoms with E-state index < -0.39 is 22.8 Å². The molecule has 7 nitrogen and oxygen atoms in total. The molecule has 0 fully saturated rings. The van der Waals surface area contributed by atoms with E-state index in [1.807, 2.05) is 0 Å². The van der Waals surface area contributed by atoms with Gasteiger partial charge in [-0.1, -0.05) is 12.1 Å². The second-order valence-corrected chi connectivity index (χ2v) is 6.72. The van der Waals surface area contributed by atoms with E-state index in [2.05, 4.69) is 4.98 Å². The fraction of sp³-hybridized carbons (Fsp3) is 0.286. The van der Waals surface area contributed by atoms with E-state index in [0.29, 0.717) is 42.8 Å². The predicted octanol–water partition coefficient (Wildman–Crippen LogP) is 2.79. The summed E-state index contributed by atoms with van der Waals surface area (Å²) in [4.78, 5) is 29.5. The number of hydrogen-bond acceptors (Lipinski definition) is 6. The summed E-state index contributed by atoms with van der Waals surface area (Å²) in [5, 5.41) is 10.6. The Balaban J connectivity index is 1.93. The van der Waals surface area contributed by atoms with Crippen LogP contribution >= 0.6 is 0 Å². The summed E-state index contributed by atoms with van der Waals surface area (Å²) in [7, 11) is 0. The molecule has 3 aromatic rings. The largest absolute Gasteiger partial charge is 0.505 e. The van der Waals surface area contributed by atoms with Crippen molar-refractivity contribution >= 4 is 17.0 Å². The van der Waals surface area contributed by atoms with Gasteiger partial charge in [0.2, 0.25) is 0 Å². The molecule has 0 saturated heterocycles. The molecule has 8 heteroatoms. The topological polar surface area (TPSA) is 90.6 Å². The van der Waals surface area contributed by atoms with E-state index in [9.17, 15) is 19.1 Å². The van der Waals surface area contributed by atoms with Gasteiger partial charge in [0.1, 0.15) is 22.6 Å². The molecule has 150 valence electrons. The Bertz CT molecular complexity index is 1150. The minimum atomic E-state index is -0.885. The molecule has 1 aliphatic heterocycles. The molecule has 0 amide bonds. The standard InChI is InChI=1S/C21H19FN2O5/c1-2-28-21(27)15-18(25)16-17-19(29-9-3-8-24(17)20(15)26)13(11-23-16)10-12-4-6-14(22)7-5-12/h4-7,11,25H,2-3,8-10H2,1H3. The first-order chi connectivity index (χ1) is 14.0. The maximum atomic E-state index is 13.2. The second kappa shape index (κ2) is 7.54. The molecule has 0 saturated carbocycles. The molecule has 1 N–H and O–H groups in total. The first-order valence-corrected chi connectivity index (χ1v) is 9.33. The Labute approximate surface area is 165 Å². The van der Waals surface area contributed by atoms with Crippen LogP contribution in [0.25, 0.3) is 11.0 Å². The third-order valence-corrected chi connectivity index (χ3v) is 4.83. The number of rotatable bonds is 4. The molecule has 4 rings (SSSR count). The van der Waals surface area contributed by atoms with Crippen LogP contribution in [0.5, 0.6) is 11.5 Å². The average molecular weight is 398 g/mol. The van der Waals surface area contributed by atoms with E-state index in [1.54, 1.807) is 19.1 Å². The van der Waals surface area contributed by atoms with Crippen LogP contribution in [0.2, 0.25) is 0 Å². The Morgan fingerprint density at radius 1 is 1.34 bits per heavy atom. The third-order valence-electron chi connectivity index (χ3n) is 4.83. The lowest BCUT2D eigenvalue weighted by Gasteiger charge is -2.16. The second-order valence-electron chi connectivity index (χ2n) is 6.72. The van der Waals surface area contributed by atoms with Gasteiger partial charge in [-0.25, -0.2) is 9.18 Å². The summed E-state index contributed by atoms with van der Waals surface area (Å²) in [6, 6.07) is 6.07. The SMILES string of the molecule is CCOC(=O)c1c(O)c2ncc(Cc3ccc(F)cc3)c3c2n(c1=O)CCCO3. The minimum absolute atomic E-state index is 0.0775. The van der Waals surface area contributed by atoms with Crippen LogP contribution < -0.4 is 10.3 Å². The Hall–Kier alpha value is -3.42. The van der Waals surface area contributed by atoms with E-state index in [0.717, 1.165) is 5.56 Å². The summed E-state index contributed by atoms with van der Waals surface area (Å²) in [5.41, 5.74) is 0.928. The van der Waals surface area contributed by atoms with Crippen LogP contribution in [0.1, 0.15) is 34.8 Å². The number of pyridine rings is 2. The van der Waals surface area contributed by atoms with E-state index in [4.69, 9.17) is 9.47 Å². The molecule has 0 aliphatic carbocycles. The molecule has 0 radical (unpaired) electrons. The minimum Gasteiger partial charge on any atom is -0.505 e. The smallest absolute Gasteiger partial charge is 0.347 e. The first-order valence-electron chi connectivity index (χ1n) is 9.33. The first kappa shape index (κ1) is 18.9. The number of aromatic nitrogens is 2. The fourth-order valence-corrected chi connectivity index (χ4v) is 3.51. The van der Waals surface area contributed by atoms with Crippen molar-refractivity contribution in [2.45, 2.75) is 26.3 Å². The van der Waals surface area contributed by atoms with E-state index in [-0.39, 0.29) is 17.9 Å². The summed E-state index contributed by atoms with van der Waals surface area (Å²) < 4.78 is 25.4. The fourth-order valence-electron chi connectivity index (χ4n) is 3.51. The van der Waals surface area contributed by atoms with Gasteiger partial charge in [-0.2, -0.15) is 0 Å². The number of halogens is 1. The van der Waals surface area contributed by atoms with E-state index in [1.165, 1.54) is 22.9 Å². The number of esters is 1. The number of ether oxygens (including phenoxy) is 2. The van der Waals surface area contributed by atoms with Crippen molar-refractivity contribution in [2.75, 3.05) is 13.2 Å². The molecule has 0 unspecified atom stereocenters. The number of hydrogen-bond donors (Lipinski definition) is 1. The van der Waals surface area contributed by atoms with Crippen molar-refractivity contribution in [3.63, 3.8) is 0 Å². The molecule has 29 heavy (non-hydrogen) atoms. The van der Waals surface area contributed by atoms with Crippen LogP contribution in [-0.4, -0.2) is 33.8 Å². The number of carbonyl (C=O) groups excluding carboxylic acids is 1. The molecule has 0 atom stereocenters. The number of nitrogens with zero attached hydrogens (tertiary/aromatic N) is 2. The van der Waals surface area contributed by atoms with Gasteiger partial charge in [-0.05, 0) is 31.0 Å². The molecule has 0 bridgehead atoms.